The average molecular weight is 986 g/mol. The lowest BCUT2D eigenvalue weighted by atomic mass is 9.98. The fourth-order valence-corrected chi connectivity index (χ4v) is 6.48. The Balaban J connectivity index is 6.54. The highest BCUT2D eigenvalue weighted by atomic mass is 16.4. The number of hydrogen-bond donors (Lipinski definition) is 14. The maximum absolute atomic E-state index is 13.9. The minimum atomic E-state index is -1.92. The van der Waals surface area contributed by atoms with Crippen LogP contribution < -0.4 is 59.7 Å². The number of carboxylic acids is 2. The molecule has 26 nitrogen and oxygen atoms in total. The third-order valence-corrected chi connectivity index (χ3v) is 10.3. The maximum Gasteiger partial charge on any atom is 0.305 e. The fourth-order valence-electron chi connectivity index (χ4n) is 6.48. The number of primary amides is 1. The van der Waals surface area contributed by atoms with Gasteiger partial charge in [-0.05, 0) is 76.7 Å². The van der Waals surface area contributed by atoms with Crippen molar-refractivity contribution in [1.29, 1.82) is 0 Å². The SMILES string of the molecule is CC(C)C[C@H](NC(=O)[C@H](CC(=O)O)NC(=O)[C@H](CCC(=O)O)NC(=O)[C@H](CC(C)C)NC(=O)[C@@H](N)CC(N)=O)C(=O)N[C@H](C(=O)N[C@@H](CCCCN)C(=O)N[C@@H](C)C(=O)N[C@H](C=O)[C@@H](C)O)C(C)C. The summed E-state index contributed by atoms with van der Waals surface area (Å²) >= 11 is 0. The van der Waals surface area contributed by atoms with Gasteiger partial charge in [-0.1, -0.05) is 41.5 Å². The molecule has 0 aromatic heterocycles. The predicted octanol–water partition coefficient (Wildman–Crippen LogP) is -4.12. The second-order valence-electron chi connectivity index (χ2n) is 18.0. The Morgan fingerprint density at radius 3 is 1.43 bits per heavy atom. The highest BCUT2D eigenvalue weighted by molar-refractivity contribution is 5.99. The van der Waals surface area contributed by atoms with Gasteiger partial charge in [0.1, 0.15) is 54.6 Å². The normalized spacial score (nSPS) is 15.6. The summed E-state index contributed by atoms with van der Waals surface area (Å²) in [6, 6.07) is -12.9. The van der Waals surface area contributed by atoms with Crippen LogP contribution in [0.1, 0.15) is 113 Å². The number of carboxylic acid groups (broad SMARTS) is 2. The van der Waals surface area contributed by atoms with Crippen LogP contribution in [0.2, 0.25) is 0 Å². The molecule has 0 rings (SSSR count). The third-order valence-electron chi connectivity index (χ3n) is 10.3. The summed E-state index contributed by atoms with van der Waals surface area (Å²) in [5, 5.41) is 48.1. The zero-order chi connectivity index (χ0) is 53.3. The summed E-state index contributed by atoms with van der Waals surface area (Å²) in [6.07, 6.45) is -2.98. The summed E-state index contributed by atoms with van der Waals surface area (Å²) in [6.45, 7) is 12.8. The Bertz CT molecular complexity index is 1800. The van der Waals surface area contributed by atoms with E-state index in [2.05, 4.69) is 42.5 Å². The predicted molar refractivity (Wildman–Crippen MR) is 246 cm³/mol. The Kier molecular flexibility index (Phi) is 28.8. The molecule has 17 N–H and O–H groups in total. The molecule has 10 atom stereocenters. The summed E-state index contributed by atoms with van der Waals surface area (Å²) in [7, 11) is 0. The van der Waals surface area contributed by atoms with Gasteiger partial charge in [0.25, 0.3) is 0 Å². The number of unbranched alkanes of at least 4 members (excludes halogenated alkanes) is 1. The average Bonchev–Trinajstić information content (AvgIpc) is 3.23. The number of carbonyl (C=O) groups is 12. The van der Waals surface area contributed by atoms with Gasteiger partial charge >= 0.3 is 11.9 Å². The summed E-state index contributed by atoms with van der Waals surface area (Å²) < 4.78 is 0. The Morgan fingerprint density at radius 2 is 0.971 bits per heavy atom. The molecule has 0 aliphatic carbocycles. The van der Waals surface area contributed by atoms with Crippen molar-refractivity contribution in [1.82, 2.24) is 42.5 Å². The van der Waals surface area contributed by atoms with Crippen molar-refractivity contribution in [3.63, 3.8) is 0 Å². The summed E-state index contributed by atoms with van der Waals surface area (Å²) in [5.74, 6) is -12.7. The zero-order valence-electron chi connectivity index (χ0n) is 40.6. The highest BCUT2D eigenvalue weighted by Gasteiger charge is 2.36. The minimum Gasteiger partial charge on any atom is -0.481 e. The van der Waals surface area contributed by atoms with Gasteiger partial charge in [-0.15, -0.1) is 0 Å². The van der Waals surface area contributed by atoms with Crippen LogP contribution in [0.5, 0.6) is 0 Å². The van der Waals surface area contributed by atoms with E-state index in [4.69, 9.17) is 17.2 Å². The molecule has 0 aliphatic rings. The smallest absolute Gasteiger partial charge is 0.305 e. The molecule has 0 bridgehead atoms. The van der Waals surface area contributed by atoms with Gasteiger partial charge in [0, 0.05) is 6.42 Å². The molecule has 26 heteroatoms. The van der Waals surface area contributed by atoms with Gasteiger partial charge in [-0.3, -0.25) is 52.7 Å². The molecule has 69 heavy (non-hydrogen) atoms. The topological polar surface area (TPSA) is 440 Å². The van der Waals surface area contributed by atoms with Crippen molar-refractivity contribution in [2.75, 3.05) is 6.54 Å². The monoisotopic (exact) mass is 986 g/mol. The van der Waals surface area contributed by atoms with Gasteiger partial charge in [0.2, 0.25) is 53.2 Å². The first-order chi connectivity index (χ1) is 32.0. The lowest BCUT2D eigenvalue weighted by molar-refractivity contribution is -0.142. The minimum absolute atomic E-state index is 0.0162. The van der Waals surface area contributed by atoms with Crippen LogP contribution in [0.3, 0.4) is 0 Å². The maximum atomic E-state index is 13.9. The van der Waals surface area contributed by atoms with E-state index < -0.39 is 157 Å². The largest absolute Gasteiger partial charge is 0.481 e. The number of carbonyl (C=O) groups excluding carboxylic acids is 10. The van der Waals surface area contributed by atoms with Crippen molar-refractivity contribution >= 4 is 71.4 Å². The lowest BCUT2D eigenvalue weighted by Gasteiger charge is -2.29. The molecule has 0 aliphatic heterocycles. The highest BCUT2D eigenvalue weighted by Crippen LogP contribution is 2.12. The van der Waals surface area contributed by atoms with E-state index in [9.17, 15) is 72.9 Å². The van der Waals surface area contributed by atoms with Gasteiger partial charge in [0.15, 0.2) is 0 Å². The van der Waals surface area contributed by atoms with Gasteiger partial charge in [-0.2, -0.15) is 0 Å². The van der Waals surface area contributed by atoms with Gasteiger partial charge in [0.05, 0.1) is 25.0 Å². The number of aliphatic hydroxyl groups is 1. The number of amides is 9. The number of nitrogens with two attached hydrogens (primary N) is 3. The van der Waals surface area contributed by atoms with E-state index in [1.165, 1.54) is 13.8 Å². The fraction of sp³-hybridized carbons (Fsp3) is 0.721. The molecule has 0 aromatic rings. The standard InChI is InChI=1S/C43H75N11O15/c1-20(2)15-28(50-37(63)25(45)17-32(46)57)40(66)48-27(12-13-33(58)59)39(65)52-30(18-34(60)61)41(67)51-29(16-21(3)4)42(68)54-35(22(5)6)43(69)49-26(11-9-10-14-44)38(64)47-23(7)36(62)53-31(19-55)24(8)56/h19-31,35,56H,9-18,44-45H2,1-8H3,(H2,46,57)(H,47,64)(H,48,66)(H,49,69)(H,50,63)(H,51,67)(H,52,65)(H,53,62)(H,54,68)(H,58,59)(H,60,61)/t23-,24+,25-,26-,27-,28-,29-,30-,31+,35-/m0/s1. The second-order valence-corrected chi connectivity index (χ2v) is 18.0. The van der Waals surface area contributed by atoms with Crippen LogP contribution in [0, 0.1) is 17.8 Å². The number of rotatable bonds is 34. The van der Waals surface area contributed by atoms with Crippen molar-refractivity contribution in [3.05, 3.63) is 0 Å². The molecular formula is C43H75N11O15. The van der Waals surface area contributed by atoms with E-state index in [0.29, 0.717) is 19.1 Å². The van der Waals surface area contributed by atoms with Crippen LogP contribution in [0.25, 0.3) is 0 Å². The van der Waals surface area contributed by atoms with Crippen LogP contribution in [0.15, 0.2) is 0 Å². The van der Waals surface area contributed by atoms with E-state index in [0.717, 1.165) is 0 Å². The summed E-state index contributed by atoms with van der Waals surface area (Å²) in [4.78, 5) is 154. The molecule has 0 saturated heterocycles. The third kappa shape index (κ3) is 25.1. The first-order valence-corrected chi connectivity index (χ1v) is 22.8. The second kappa shape index (κ2) is 31.7. The van der Waals surface area contributed by atoms with Gasteiger partial charge in [-0.25, -0.2) is 0 Å². The van der Waals surface area contributed by atoms with E-state index >= 15 is 0 Å². The first kappa shape index (κ1) is 62.7. The number of nitrogens with one attached hydrogen (secondary N) is 8. The molecular weight excluding hydrogens is 911 g/mol. The molecule has 0 fully saturated rings. The molecule has 392 valence electrons. The van der Waals surface area contributed by atoms with E-state index in [1.54, 1.807) is 41.5 Å². The molecule has 0 saturated carbocycles. The van der Waals surface area contributed by atoms with Gasteiger partial charge < -0.3 is 79.8 Å². The Hall–Kier alpha value is -6.28. The van der Waals surface area contributed by atoms with Crippen molar-refractivity contribution in [2.45, 2.75) is 174 Å². The number of aliphatic hydroxyl groups excluding tert-OH is 1. The van der Waals surface area contributed by atoms with Crippen LogP contribution in [-0.2, 0) is 57.5 Å². The number of aliphatic carboxylic acids is 2. The quantitative estimate of drug-likeness (QED) is 0.0215. The van der Waals surface area contributed by atoms with Crippen LogP contribution >= 0.6 is 0 Å². The molecule has 0 radical (unpaired) electrons. The molecule has 0 heterocycles. The van der Waals surface area contributed by atoms with Crippen LogP contribution in [0.4, 0.5) is 0 Å². The lowest BCUT2D eigenvalue weighted by Crippen LogP contribution is -2.61. The molecule has 0 unspecified atom stereocenters. The Morgan fingerprint density at radius 1 is 0.522 bits per heavy atom. The van der Waals surface area contributed by atoms with Crippen molar-refractivity contribution in [2.24, 2.45) is 35.0 Å². The molecule has 0 spiro atoms. The van der Waals surface area contributed by atoms with E-state index in [1.807, 2.05) is 0 Å². The Labute approximate surface area is 401 Å². The first-order valence-electron chi connectivity index (χ1n) is 22.8. The number of aldehydes is 1. The zero-order valence-corrected chi connectivity index (χ0v) is 40.6. The van der Waals surface area contributed by atoms with Crippen LogP contribution in [-0.4, -0.2) is 154 Å². The van der Waals surface area contributed by atoms with E-state index in [-0.39, 0.29) is 37.6 Å². The molecule has 0 aromatic carbocycles. The summed E-state index contributed by atoms with van der Waals surface area (Å²) in [5.41, 5.74) is 16.5. The molecule has 9 amide bonds. The number of hydrogen-bond acceptors (Lipinski definition) is 15. The van der Waals surface area contributed by atoms with Crippen molar-refractivity contribution < 1.29 is 72.9 Å². The van der Waals surface area contributed by atoms with Crippen molar-refractivity contribution in [3.8, 4) is 0 Å².